The van der Waals surface area contributed by atoms with Crippen molar-refractivity contribution in [1.29, 1.82) is 0 Å². The molecule has 1 nitrogen and oxygen atoms in total. The minimum absolute atomic E-state index is 0.235. The predicted molar refractivity (Wildman–Crippen MR) is 56.5 cm³/mol. The van der Waals surface area contributed by atoms with Crippen LogP contribution in [0, 0.1) is 0 Å². The Kier molecular flexibility index (Phi) is 4.04. The second-order valence-electron chi connectivity index (χ2n) is 3.09. The molecule has 0 aliphatic rings. The first-order valence-corrected chi connectivity index (χ1v) is 4.97. The molecular weight excluding hydrogens is 207 g/mol. The van der Waals surface area contributed by atoms with Gasteiger partial charge in [0, 0.05) is 5.02 Å². The zero-order valence-corrected chi connectivity index (χ0v) is 8.89. The van der Waals surface area contributed by atoms with Crippen molar-refractivity contribution in [2.24, 2.45) is 0 Å². The van der Waals surface area contributed by atoms with Crippen molar-refractivity contribution in [3.63, 3.8) is 0 Å². The summed E-state index contributed by atoms with van der Waals surface area (Å²) >= 11 is 11.6. The first-order chi connectivity index (χ1) is 6.09. The van der Waals surface area contributed by atoms with Crippen molar-refractivity contribution < 1.29 is 5.11 Å². The van der Waals surface area contributed by atoms with Crippen LogP contribution in [0.15, 0.2) is 24.3 Å². The normalized spacial score (nSPS) is 15.4. The third-order valence-electron chi connectivity index (χ3n) is 1.87. The van der Waals surface area contributed by atoms with Gasteiger partial charge in [-0.1, -0.05) is 23.7 Å². The summed E-state index contributed by atoms with van der Waals surface area (Å²) in [6.45, 7) is 1.69. The molecule has 13 heavy (non-hydrogen) atoms. The molecule has 3 heteroatoms. The van der Waals surface area contributed by atoms with E-state index < -0.39 is 6.10 Å². The van der Waals surface area contributed by atoms with Gasteiger partial charge in [0.1, 0.15) is 0 Å². The third kappa shape index (κ3) is 3.55. The lowest BCUT2D eigenvalue weighted by Gasteiger charge is -2.11. The maximum atomic E-state index is 9.18. The van der Waals surface area contributed by atoms with Crippen LogP contribution in [0.25, 0.3) is 0 Å². The van der Waals surface area contributed by atoms with E-state index in [-0.39, 0.29) is 5.38 Å². The Hall–Kier alpha value is -0.240. The van der Waals surface area contributed by atoms with Crippen LogP contribution in [0.4, 0.5) is 0 Å². The predicted octanol–water partition coefficient (Wildman–Crippen LogP) is 2.87. The van der Waals surface area contributed by atoms with Crippen LogP contribution in [-0.2, 0) is 6.42 Å². The van der Waals surface area contributed by atoms with E-state index in [1.807, 2.05) is 24.3 Å². The average molecular weight is 219 g/mol. The van der Waals surface area contributed by atoms with E-state index in [9.17, 15) is 5.11 Å². The van der Waals surface area contributed by atoms with E-state index in [4.69, 9.17) is 23.2 Å². The standard InChI is InChI=1S/C10H12Cl2O/c1-7(13)10(12)6-8-2-4-9(11)5-3-8/h2-5,7,10,13H,6H2,1H3/t7-,10+/m0/s1. The van der Waals surface area contributed by atoms with Crippen molar-refractivity contribution in [1.82, 2.24) is 0 Å². The lowest BCUT2D eigenvalue weighted by molar-refractivity contribution is 0.188. The number of aliphatic hydroxyl groups excluding tert-OH is 1. The van der Waals surface area contributed by atoms with Gasteiger partial charge in [0.15, 0.2) is 0 Å². The molecule has 0 heterocycles. The van der Waals surface area contributed by atoms with Gasteiger partial charge in [0.25, 0.3) is 0 Å². The molecule has 1 aromatic rings. The number of hydrogen-bond acceptors (Lipinski definition) is 1. The van der Waals surface area contributed by atoms with Crippen molar-refractivity contribution >= 4 is 23.2 Å². The molecule has 2 atom stereocenters. The fourth-order valence-electron chi connectivity index (χ4n) is 1.02. The quantitative estimate of drug-likeness (QED) is 0.775. The summed E-state index contributed by atoms with van der Waals surface area (Å²) in [4.78, 5) is 0. The Morgan fingerprint density at radius 2 is 1.85 bits per heavy atom. The second kappa shape index (κ2) is 4.85. The van der Waals surface area contributed by atoms with Gasteiger partial charge in [0.2, 0.25) is 0 Å². The number of halogens is 2. The van der Waals surface area contributed by atoms with Gasteiger partial charge >= 0.3 is 0 Å². The van der Waals surface area contributed by atoms with Crippen LogP contribution in [0.1, 0.15) is 12.5 Å². The lowest BCUT2D eigenvalue weighted by atomic mass is 10.1. The highest BCUT2D eigenvalue weighted by molar-refractivity contribution is 6.30. The Balaban J connectivity index is 2.59. The number of benzene rings is 1. The molecule has 0 fully saturated rings. The molecule has 72 valence electrons. The summed E-state index contributed by atoms with van der Waals surface area (Å²) in [5.41, 5.74) is 1.09. The largest absolute Gasteiger partial charge is 0.392 e. The highest BCUT2D eigenvalue weighted by Gasteiger charge is 2.11. The summed E-state index contributed by atoms with van der Waals surface area (Å²) < 4.78 is 0. The van der Waals surface area contributed by atoms with Crippen molar-refractivity contribution in [3.8, 4) is 0 Å². The average Bonchev–Trinajstić information content (AvgIpc) is 2.08. The molecule has 1 aromatic carbocycles. The smallest absolute Gasteiger partial charge is 0.0678 e. The minimum Gasteiger partial charge on any atom is -0.392 e. The van der Waals surface area contributed by atoms with E-state index in [0.717, 1.165) is 5.56 Å². The summed E-state index contributed by atoms with van der Waals surface area (Å²) in [7, 11) is 0. The second-order valence-corrected chi connectivity index (χ2v) is 4.08. The molecule has 0 unspecified atom stereocenters. The fourth-order valence-corrected chi connectivity index (χ4v) is 1.32. The molecule has 0 aliphatic carbocycles. The van der Waals surface area contributed by atoms with Gasteiger partial charge in [-0.2, -0.15) is 0 Å². The minimum atomic E-state index is -0.489. The molecule has 0 aliphatic heterocycles. The monoisotopic (exact) mass is 218 g/mol. The topological polar surface area (TPSA) is 20.2 Å². The lowest BCUT2D eigenvalue weighted by Crippen LogP contribution is -2.18. The van der Waals surface area contributed by atoms with Crippen LogP contribution in [-0.4, -0.2) is 16.6 Å². The van der Waals surface area contributed by atoms with E-state index >= 15 is 0 Å². The van der Waals surface area contributed by atoms with Gasteiger partial charge in [0.05, 0.1) is 11.5 Å². The molecule has 0 saturated carbocycles. The van der Waals surface area contributed by atoms with E-state index in [2.05, 4.69) is 0 Å². The first kappa shape index (κ1) is 10.8. The molecule has 0 bridgehead atoms. The first-order valence-electron chi connectivity index (χ1n) is 4.16. The molecular formula is C10H12Cl2O. The maximum absolute atomic E-state index is 9.18. The summed E-state index contributed by atoms with van der Waals surface area (Å²) in [5.74, 6) is 0. The Labute approximate surface area is 88.3 Å². The zero-order chi connectivity index (χ0) is 9.84. The van der Waals surface area contributed by atoms with Crippen LogP contribution < -0.4 is 0 Å². The van der Waals surface area contributed by atoms with Crippen molar-refractivity contribution in [3.05, 3.63) is 34.9 Å². The Bertz CT molecular complexity index is 256. The summed E-state index contributed by atoms with van der Waals surface area (Å²) in [5, 5.41) is 9.66. The van der Waals surface area contributed by atoms with Gasteiger partial charge in [-0.25, -0.2) is 0 Å². The summed E-state index contributed by atoms with van der Waals surface area (Å²) in [6.07, 6.45) is 0.175. The number of alkyl halides is 1. The van der Waals surface area contributed by atoms with E-state index in [0.29, 0.717) is 11.4 Å². The van der Waals surface area contributed by atoms with Gasteiger partial charge in [-0.3, -0.25) is 0 Å². The van der Waals surface area contributed by atoms with Crippen LogP contribution in [0.3, 0.4) is 0 Å². The van der Waals surface area contributed by atoms with Crippen molar-refractivity contribution in [2.75, 3.05) is 0 Å². The summed E-state index contributed by atoms with van der Waals surface area (Å²) in [6, 6.07) is 7.48. The zero-order valence-electron chi connectivity index (χ0n) is 7.37. The number of hydrogen-bond donors (Lipinski definition) is 1. The molecule has 0 aromatic heterocycles. The SMILES string of the molecule is C[C@H](O)[C@H](Cl)Cc1ccc(Cl)cc1. The van der Waals surface area contributed by atoms with E-state index in [1.165, 1.54) is 0 Å². The van der Waals surface area contributed by atoms with Gasteiger partial charge in [-0.05, 0) is 31.0 Å². The fraction of sp³-hybridized carbons (Fsp3) is 0.400. The number of aliphatic hydroxyl groups is 1. The van der Waals surface area contributed by atoms with Gasteiger partial charge in [-0.15, -0.1) is 11.6 Å². The molecule has 0 spiro atoms. The molecule has 0 amide bonds. The molecule has 1 rings (SSSR count). The van der Waals surface area contributed by atoms with Gasteiger partial charge < -0.3 is 5.11 Å². The van der Waals surface area contributed by atoms with Crippen LogP contribution in [0.2, 0.25) is 5.02 Å². The van der Waals surface area contributed by atoms with E-state index in [1.54, 1.807) is 6.92 Å². The highest BCUT2D eigenvalue weighted by atomic mass is 35.5. The van der Waals surface area contributed by atoms with Crippen LogP contribution >= 0.6 is 23.2 Å². The van der Waals surface area contributed by atoms with Crippen molar-refractivity contribution in [2.45, 2.75) is 24.8 Å². The molecule has 1 N–H and O–H groups in total. The maximum Gasteiger partial charge on any atom is 0.0678 e. The highest BCUT2D eigenvalue weighted by Crippen LogP contribution is 2.14. The Morgan fingerprint density at radius 1 is 1.31 bits per heavy atom. The number of rotatable bonds is 3. The third-order valence-corrected chi connectivity index (χ3v) is 2.64. The molecule has 0 radical (unpaired) electrons. The van der Waals surface area contributed by atoms with Crippen LogP contribution in [0.5, 0.6) is 0 Å². The molecule has 0 saturated heterocycles. The Morgan fingerprint density at radius 3 is 2.31 bits per heavy atom.